The van der Waals surface area contributed by atoms with E-state index in [9.17, 15) is 4.79 Å². The van der Waals surface area contributed by atoms with Crippen molar-refractivity contribution in [3.63, 3.8) is 0 Å². The molecule has 2 aromatic heterocycles. The molecule has 26 heavy (non-hydrogen) atoms. The number of rotatable bonds is 5. The van der Waals surface area contributed by atoms with Crippen LogP contribution in [0.2, 0.25) is 10.0 Å². The molecule has 8 heteroatoms. The third-order valence-electron chi connectivity index (χ3n) is 4.12. The van der Waals surface area contributed by atoms with Crippen LogP contribution in [0.1, 0.15) is 34.4 Å². The summed E-state index contributed by atoms with van der Waals surface area (Å²) in [6.07, 6.45) is 1.64. The zero-order valence-corrected chi connectivity index (χ0v) is 16.3. The maximum Gasteiger partial charge on any atom is 0.277 e. The summed E-state index contributed by atoms with van der Waals surface area (Å²) in [7, 11) is 0. The number of aryl methyl sites for hydroxylation is 2. The minimum absolute atomic E-state index is 0.206. The van der Waals surface area contributed by atoms with E-state index in [2.05, 4.69) is 15.5 Å². The van der Waals surface area contributed by atoms with Crippen LogP contribution in [0.15, 0.2) is 30.5 Å². The molecule has 1 aromatic carbocycles. The number of nitrogens with zero attached hydrogens (tertiary/aromatic N) is 4. The predicted molar refractivity (Wildman–Crippen MR) is 103 cm³/mol. The van der Waals surface area contributed by atoms with Crippen molar-refractivity contribution in [2.75, 3.05) is 5.32 Å². The second-order valence-electron chi connectivity index (χ2n) is 5.97. The molecule has 0 bridgehead atoms. The summed E-state index contributed by atoms with van der Waals surface area (Å²) in [5, 5.41) is 12.6. The Morgan fingerprint density at radius 2 is 1.85 bits per heavy atom. The molecule has 0 saturated carbocycles. The molecule has 3 rings (SSSR count). The van der Waals surface area contributed by atoms with E-state index in [1.54, 1.807) is 10.9 Å². The summed E-state index contributed by atoms with van der Waals surface area (Å²) in [6.45, 7) is 6.93. The maximum atomic E-state index is 12.6. The number of amides is 1. The fraction of sp³-hybridized carbons (Fsp3) is 0.278. The predicted octanol–water partition coefficient (Wildman–Crippen LogP) is 4.32. The second kappa shape index (κ2) is 7.51. The maximum absolute atomic E-state index is 12.6. The molecule has 3 aromatic rings. The van der Waals surface area contributed by atoms with E-state index in [1.807, 2.05) is 49.7 Å². The smallest absolute Gasteiger partial charge is 0.277 e. The first kappa shape index (κ1) is 18.5. The molecule has 0 aliphatic rings. The SMILES string of the molecule is CCn1cc(Cl)c(C(=O)Nc2c(C)nn(Cc3ccc(Cl)cc3)c2C)n1. The van der Waals surface area contributed by atoms with E-state index in [-0.39, 0.29) is 11.6 Å². The number of halogens is 2. The molecule has 0 radical (unpaired) electrons. The zero-order chi connectivity index (χ0) is 18.8. The van der Waals surface area contributed by atoms with Gasteiger partial charge in [0.15, 0.2) is 5.69 Å². The largest absolute Gasteiger partial charge is 0.317 e. The zero-order valence-electron chi connectivity index (χ0n) is 14.8. The Labute approximate surface area is 161 Å². The molecule has 2 heterocycles. The van der Waals surface area contributed by atoms with E-state index < -0.39 is 0 Å². The number of carbonyl (C=O) groups is 1. The summed E-state index contributed by atoms with van der Waals surface area (Å²) >= 11 is 12.0. The highest BCUT2D eigenvalue weighted by atomic mass is 35.5. The molecule has 0 aliphatic carbocycles. The second-order valence-corrected chi connectivity index (χ2v) is 6.81. The van der Waals surface area contributed by atoms with Crippen LogP contribution in [0.3, 0.4) is 0 Å². The minimum atomic E-state index is -0.348. The first-order chi connectivity index (χ1) is 12.4. The van der Waals surface area contributed by atoms with E-state index in [1.165, 1.54) is 0 Å². The van der Waals surface area contributed by atoms with Gasteiger partial charge in [0, 0.05) is 17.8 Å². The van der Waals surface area contributed by atoms with Gasteiger partial charge in [-0.2, -0.15) is 10.2 Å². The lowest BCUT2D eigenvalue weighted by atomic mass is 10.2. The topological polar surface area (TPSA) is 64.7 Å². The number of benzene rings is 1. The molecule has 1 amide bonds. The quantitative estimate of drug-likeness (QED) is 0.703. The van der Waals surface area contributed by atoms with Crippen LogP contribution in [0.5, 0.6) is 0 Å². The van der Waals surface area contributed by atoms with Gasteiger partial charge in [-0.05, 0) is 38.5 Å². The normalized spacial score (nSPS) is 11.0. The van der Waals surface area contributed by atoms with Gasteiger partial charge in [0.2, 0.25) is 0 Å². The van der Waals surface area contributed by atoms with Crippen molar-refractivity contribution in [3.8, 4) is 0 Å². The van der Waals surface area contributed by atoms with Gasteiger partial charge in [-0.3, -0.25) is 14.2 Å². The van der Waals surface area contributed by atoms with Crippen molar-refractivity contribution in [3.05, 3.63) is 63.2 Å². The van der Waals surface area contributed by atoms with Crippen LogP contribution >= 0.6 is 23.2 Å². The van der Waals surface area contributed by atoms with Crippen LogP contribution < -0.4 is 5.32 Å². The number of carbonyl (C=O) groups excluding carboxylic acids is 1. The summed E-state index contributed by atoms with van der Waals surface area (Å²) < 4.78 is 3.47. The Hall–Kier alpha value is -2.31. The number of nitrogens with one attached hydrogen (secondary N) is 1. The first-order valence-corrected chi connectivity index (χ1v) is 8.97. The van der Waals surface area contributed by atoms with Crippen LogP contribution in [0.4, 0.5) is 5.69 Å². The van der Waals surface area contributed by atoms with Crippen molar-refractivity contribution < 1.29 is 4.79 Å². The third kappa shape index (κ3) is 3.76. The monoisotopic (exact) mass is 391 g/mol. The van der Waals surface area contributed by atoms with Crippen molar-refractivity contribution in [2.24, 2.45) is 0 Å². The molecule has 0 atom stereocenters. The third-order valence-corrected chi connectivity index (χ3v) is 4.65. The van der Waals surface area contributed by atoms with Crippen LogP contribution in [0, 0.1) is 13.8 Å². The van der Waals surface area contributed by atoms with Crippen LogP contribution in [0.25, 0.3) is 0 Å². The Morgan fingerprint density at radius 1 is 1.15 bits per heavy atom. The van der Waals surface area contributed by atoms with Crippen molar-refractivity contribution in [1.29, 1.82) is 0 Å². The lowest BCUT2D eigenvalue weighted by molar-refractivity contribution is 0.102. The summed E-state index contributed by atoms with van der Waals surface area (Å²) in [6, 6.07) is 7.59. The summed E-state index contributed by atoms with van der Waals surface area (Å²) in [5.41, 5.74) is 3.54. The van der Waals surface area contributed by atoms with E-state index in [0.29, 0.717) is 28.8 Å². The van der Waals surface area contributed by atoms with Crippen LogP contribution in [-0.4, -0.2) is 25.5 Å². The highest BCUT2D eigenvalue weighted by Crippen LogP contribution is 2.23. The Morgan fingerprint density at radius 3 is 2.46 bits per heavy atom. The lowest BCUT2D eigenvalue weighted by Crippen LogP contribution is -2.15. The van der Waals surface area contributed by atoms with Gasteiger partial charge in [0.25, 0.3) is 5.91 Å². The summed E-state index contributed by atoms with van der Waals surface area (Å²) in [4.78, 5) is 12.6. The van der Waals surface area contributed by atoms with Gasteiger partial charge < -0.3 is 5.32 Å². The number of hydrogen-bond acceptors (Lipinski definition) is 3. The van der Waals surface area contributed by atoms with Crippen molar-refractivity contribution in [2.45, 2.75) is 33.9 Å². The average Bonchev–Trinajstić information content (AvgIpc) is 3.12. The van der Waals surface area contributed by atoms with Gasteiger partial charge in [-0.15, -0.1) is 0 Å². The number of aromatic nitrogens is 4. The fourth-order valence-electron chi connectivity index (χ4n) is 2.68. The standard InChI is InChI=1S/C18H19Cl2N5O/c1-4-24-10-15(20)17(23-24)18(26)21-16-11(2)22-25(12(16)3)9-13-5-7-14(19)8-6-13/h5-8,10H,4,9H2,1-3H3,(H,21,26). The Balaban J connectivity index is 1.82. The van der Waals surface area contributed by atoms with Gasteiger partial charge in [-0.25, -0.2) is 0 Å². The highest BCUT2D eigenvalue weighted by molar-refractivity contribution is 6.34. The molecular weight excluding hydrogens is 373 g/mol. The molecule has 0 aliphatic heterocycles. The summed E-state index contributed by atoms with van der Waals surface area (Å²) in [5.74, 6) is -0.348. The van der Waals surface area contributed by atoms with Gasteiger partial charge >= 0.3 is 0 Å². The molecule has 0 fully saturated rings. The molecule has 0 unspecified atom stereocenters. The molecular formula is C18H19Cl2N5O. The van der Waals surface area contributed by atoms with Gasteiger partial charge in [-0.1, -0.05) is 35.3 Å². The number of anilines is 1. The molecule has 136 valence electrons. The van der Waals surface area contributed by atoms with Crippen molar-refractivity contribution >= 4 is 34.8 Å². The van der Waals surface area contributed by atoms with E-state index >= 15 is 0 Å². The Kier molecular flexibility index (Phi) is 5.34. The molecule has 0 saturated heterocycles. The molecule has 0 spiro atoms. The Bertz CT molecular complexity index is 943. The van der Waals surface area contributed by atoms with Crippen molar-refractivity contribution in [1.82, 2.24) is 19.6 Å². The highest BCUT2D eigenvalue weighted by Gasteiger charge is 2.19. The van der Waals surface area contributed by atoms with E-state index in [4.69, 9.17) is 23.2 Å². The van der Waals surface area contributed by atoms with Gasteiger partial charge in [0.1, 0.15) is 0 Å². The lowest BCUT2D eigenvalue weighted by Gasteiger charge is -2.07. The number of hydrogen-bond donors (Lipinski definition) is 1. The van der Waals surface area contributed by atoms with Gasteiger partial charge in [0.05, 0.1) is 28.6 Å². The van der Waals surface area contributed by atoms with E-state index in [0.717, 1.165) is 17.0 Å². The fourth-order valence-corrected chi connectivity index (χ4v) is 3.04. The first-order valence-electron chi connectivity index (χ1n) is 8.21. The minimum Gasteiger partial charge on any atom is -0.317 e. The van der Waals surface area contributed by atoms with Crippen LogP contribution in [-0.2, 0) is 13.1 Å². The average molecular weight is 392 g/mol. The molecule has 1 N–H and O–H groups in total. The molecule has 6 nitrogen and oxygen atoms in total.